The van der Waals surface area contributed by atoms with Crippen molar-refractivity contribution in [2.45, 2.75) is 19.2 Å². The Morgan fingerprint density at radius 1 is 1.33 bits per heavy atom. The highest BCUT2D eigenvalue weighted by atomic mass is 32.2. The molecular formula is C5H10S. The summed E-state index contributed by atoms with van der Waals surface area (Å²) in [6.07, 6.45) is 0.861. The van der Waals surface area contributed by atoms with Crippen molar-refractivity contribution < 1.29 is 2.74 Å². The van der Waals surface area contributed by atoms with E-state index in [4.69, 9.17) is 2.74 Å². The molecular weight excluding hydrogens is 92.1 g/mol. The first kappa shape index (κ1) is 2.61. The second-order valence-electron chi connectivity index (χ2n) is 1.35. The Labute approximate surface area is 46.1 Å². The van der Waals surface area contributed by atoms with Gasteiger partial charge < -0.3 is 0 Å². The van der Waals surface area contributed by atoms with E-state index in [1.165, 1.54) is 0 Å². The molecule has 0 amide bonds. The second-order valence-corrected chi connectivity index (χ2v) is 2.43. The van der Waals surface area contributed by atoms with E-state index < -0.39 is 0 Å². The van der Waals surface area contributed by atoms with Crippen LogP contribution in [0.25, 0.3) is 0 Å². The molecule has 0 aromatic heterocycles. The molecule has 2 atom stereocenters. The Hall–Kier alpha value is 0.350. The summed E-state index contributed by atoms with van der Waals surface area (Å²) in [5, 5.41) is 0. The molecule has 0 N–H and O–H groups in total. The van der Waals surface area contributed by atoms with Crippen LogP contribution in [0.5, 0.6) is 0 Å². The van der Waals surface area contributed by atoms with Crippen molar-refractivity contribution >= 4 is 11.8 Å². The molecule has 36 valence electrons. The lowest BCUT2D eigenvalue weighted by Gasteiger charge is -2.05. The number of thioether (sulfide) groups is 1. The first-order chi connectivity index (χ1) is 3.79. The third-order valence-electron chi connectivity index (χ3n) is 0.805. The van der Waals surface area contributed by atoms with Crippen LogP contribution in [-0.2, 0) is 0 Å². The Bertz CT molecular complexity index is 68.8. The zero-order chi connectivity index (χ0) is 5.98. The van der Waals surface area contributed by atoms with Gasteiger partial charge in [-0.1, -0.05) is 6.42 Å². The van der Waals surface area contributed by atoms with E-state index in [-0.39, 0.29) is 12.8 Å². The molecule has 6 heavy (non-hydrogen) atoms. The minimum Gasteiger partial charge on any atom is -0.162 e. The quantitative estimate of drug-likeness (QED) is 0.452. The molecule has 0 aromatic rings. The third-order valence-corrected chi connectivity index (χ3v) is 1.75. The molecule has 1 aliphatic rings. The lowest BCUT2D eigenvalue weighted by atomic mass is 10.3. The average Bonchev–Trinajstić information content (AvgIpc) is 1.64. The molecule has 0 nitrogen and oxygen atoms in total. The maximum atomic E-state index is 7.26. The van der Waals surface area contributed by atoms with Gasteiger partial charge in [0.2, 0.25) is 0 Å². The van der Waals surface area contributed by atoms with E-state index in [1.54, 1.807) is 11.8 Å². The van der Waals surface area contributed by atoms with Crippen molar-refractivity contribution in [2.75, 3.05) is 11.5 Å². The molecule has 1 heterocycles. The Morgan fingerprint density at radius 3 is 2.33 bits per heavy atom. The van der Waals surface area contributed by atoms with Gasteiger partial charge in [0.1, 0.15) is 0 Å². The molecule has 1 saturated heterocycles. The summed E-state index contributed by atoms with van der Waals surface area (Å²) in [6, 6.07) is 0. The van der Waals surface area contributed by atoms with Crippen molar-refractivity contribution in [2.24, 2.45) is 0 Å². The topological polar surface area (TPSA) is 0 Å². The van der Waals surface area contributed by atoms with E-state index in [0.717, 1.165) is 17.9 Å². The zero-order valence-electron chi connectivity index (χ0n) is 5.68. The molecule has 1 fully saturated rings. The summed E-state index contributed by atoms with van der Waals surface area (Å²) >= 11 is 1.74. The normalized spacial score (nSPS) is 53.3. The Balaban J connectivity index is 2.23. The summed E-state index contributed by atoms with van der Waals surface area (Å²) in [5.41, 5.74) is 0. The first-order valence-corrected chi connectivity index (χ1v) is 3.37. The first-order valence-electron chi connectivity index (χ1n) is 3.37. The fourth-order valence-corrected chi connectivity index (χ4v) is 1.23. The molecule has 1 aliphatic heterocycles. The van der Waals surface area contributed by atoms with Crippen molar-refractivity contribution in [3.05, 3.63) is 0 Å². The highest BCUT2D eigenvalue weighted by molar-refractivity contribution is 7.99. The van der Waals surface area contributed by atoms with Gasteiger partial charge in [-0.25, -0.2) is 0 Å². The summed E-state index contributed by atoms with van der Waals surface area (Å²) in [5.74, 6) is 1.88. The minimum atomic E-state index is 0.0382. The van der Waals surface area contributed by atoms with Crippen LogP contribution in [0.1, 0.15) is 22.0 Å². The van der Waals surface area contributed by atoms with Gasteiger partial charge in [0.05, 0.1) is 0 Å². The van der Waals surface area contributed by atoms with Crippen molar-refractivity contribution in [1.82, 2.24) is 0 Å². The molecule has 0 spiro atoms. The number of hydrogen-bond acceptors (Lipinski definition) is 1. The van der Waals surface area contributed by atoms with Crippen LogP contribution in [0, 0.1) is 0 Å². The van der Waals surface area contributed by atoms with Crippen LogP contribution in [-0.4, -0.2) is 11.5 Å². The molecule has 1 heteroatoms. The van der Waals surface area contributed by atoms with Gasteiger partial charge in [-0.05, 0) is 24.3 Å². The molecule has 0 bridgehead atoms. The lowest BCUT2D eigenvalue weighted by Crippen LogP contribution is -1.91. The Kier molecular flexibility index (Phi) is 1.09. The van der Waals surface area contributed by atoms with E-state index in [0.29, 0.717) is 0 Å². The van der Waals surface area contributed by atoms with Crippen LogP contribution in [0.2, 0.25) is 0 Å². The summed E-state index contributed by atoms with van der Waals surface area (Å²) in [6.45, 7) is 0. The predicted octanol–water partition coefficient (Wildman–Crippen LogP) is 1.90. The van der Waals surface area contributed by atoms with Gasteiger partial charge in [0.25, 0.3) is 0 Å². The molecule has 0 saturated carbocycles. The van der Waals surface area contributed by atoms with E-state index >= 15 is 0 Å². The monoisotopic (exact) mass is 104 g/mol. The molecule has 0 aromatic carbocycles. The smallest absolute Gasteiger partial charge is 0.0275 e. The fraction of sp³-hybridized carbons (Fsp3) is 1.00. The average molecular weight is 104 g/mol. The summed E-state index contributed by atoms with van der Waals surface area (Å²) in [4.78, 5) is 0. The largest absolute Gasteiger partial charge is 0.162 e. The lowest BCUT2D eigenvalue weighted by molar-refractivity contribution is 0.764. The van der Waals surface area contributed by atoms with Crippen molar-refractivity contribution in [1.29, 1.82) is 0 Å². The molecule has 0 aliphatic carbocycles. The third kappa shape index (κ3) is 1.21. The maximum absolute atomic E-state index is 7.26. The van der Waals surface area contributed by atoms with Crippen LogP contribution in [0.15, 0.2) is 0 Å². The van der Waals surface area contributed by atoms with Gasteiger partial charge in [-0.2, -0.15) is 11.8 Å². The molecule has 2 unspecified atom stereocenters. The van der Waals surface area contributed by atoms with Crippen molar-refractivity contribution in [3.8, 4) is 0 Å². The minimum absolute atomic E-state index is 0.0382. The number of hydrogen-bond donors (Lipinski definition) is 0. The standard InChI is InChI=1S/C5H10S/c1-2-4-6-5-3-1/h1-5H2/i2D,3D. The highest BCUT2D eigenvalue weighted by Gasteiger charge is 1.95. The van der Waals surface area contributed by atoms with Gasteiger partial charge in [0, 0.05) is 2.74 Å². The Morgan fingerprint density at radius 2 is 2.00 bits per heavy atom. The van der Waals surface area contributed by atoms with E-state index in [2.05, 4.69) is 0 Å². The van der Waals surface area contributed by atoms with Gasteiger partial charge in [-0.15, -0.1) is 0 Å². The van der Waals surface area contributed by atoms with Gasteiger partial charge in [-0.3, -0.25) is 0 Å². The van der Waals surface area contributed by atoms with Crippen LogP contribution in [0.3, 0.4) is 0 Å². The van der Waals surface area contributed by atoms with Gasteiger partial charge in [0.15, 0.2) is 0 Å². The molecule has 1 rings (SSSR count). The number of rotatable bonds is 0. The van der Waals surface area contributed by atoms with E-state index in [1.807, 2.05) is 0 Å². The fourth-order valence-electron chi connectivity index (χ4n) is 0.489. The second kappa shape index (κ2) is 2.51. The zero-order valence-corrected chi connectivity index (χ0v) is 4.50. The SMILES string of the molecule is [2H]C1CSCC([2H])C1. The van der Waals surface area contributed by atoms with Crippen LogP contribution >= 0.6 is 11.8 Å². The summed E-state index contributed by atoms with van der Waals surface area (Å²) < 4.78 is 14.5. The van der Waals surface area contributed by atoms with Crippen LogP contribution in [0.4, 0.5) is 0 Å². The maximum Gasteiger partial charge on any atom is 0.0275 e. The molecule has 0 radical (unpaired) electrons. The summed E-state index contributed by atoms with van der Waals surface area (Å²) in [7, 11) is 0. The van der Waals surface area contributed by atoms with Gasteiger partial charge >= 0.3 is 0 Å². The predicted molar refractivity (Wildman–Crippen MR) is 31.2 cm³/mol. The van der Waals surface area contributed by atoms with Crippen molar-refractivity contribution in [3.63, 3.8) is 0 Å². The van der Waals surface area contributed by atoms with E-state index in [9.17, 15) is 0 Å². The highest BCUT2D eigenvalue weighted by Crippen LogP contribution is 2.14. The van der Waals surface area contributed by atoms with Crippen LogP contribution < -0.4 is 0 Å².